The molecule has 12 heteroatoms. The Kier molecular flexibility index (Phi) is 9.65. The number of guanidine groups is 1. The van der Waals surface area contributed by atoms with Gasteiger partial charge in [0.15, 0.2) is 30.0 Å². The van der Waals surface area contributed by atoms with Gasteiger partial charge in [0, 0.05) is 25.9 Å². The fourth-order valence-electron chi connectivity index (χ4n) is 3.87. The number of rotatable bonds is 10. The molecule has 0 bridgehead atoms. The van der Waals surface area contributed by atoms with Crippen LogP contribution in [-0.2, 0) is 11.3 Å². The Morgan fingerprint density at radius 2 is 2.03 bits per heavy atom. The van der Waals surface area contributed by atoms with Crippen molar-refractivity contribution in [3.05, 3.63) is 69.6 Å². The van der Waals surface area contributed by atoms with E-state index in [1.165, 1.54) is 6.08 Å². The van der Waals surface area contributed by atoms with Crippen molar-refractivity contribution in [2.24, 2.45) is 21.6 Å². The molecule has 5 atom stereocenters. The van der Waals surface area contributed by atoms with Gasteiger partial charge in [0.25, 0.3) is 0 Å². The van der Waals surface area contributed by atoms with Crippen molar-refractivity contribution in [2.75, 3.05) is 13.1 Å². The number of nitrogens with zero attached hydrogens (tertiary/aromatic N) is 2. The van der Waals surface area contributed by atoms with E-state index in [4.69, 9.17) is 20.9 Å². The van der Waals surface area contributed by atoms with Gasteiger partial charge in [-0.2, -0.15) is 4.91 Å². The number of aliphatic hydroxyl groups is 2. The van der Waals surface area contributed by atoms with Crippen LogP contribution >= 0.6 is 0 Å². The molecule has 1 aromatic carbocycles. The van der Waals surface area contributed by atoms with Crippen LogP contribution in [0.4, 0.5) is 8.78 Å². The average Bonchev–Trinajstić information content (AvgIpc) is 2.83. The monoisotopic (exact) mass is 507 g/mol. The molecule has 3 rings (SSSR count). The first-order valence-corrected chi connectivity index (χ1v) is 11.4. The molecule has 1 aliphatic carbocycles. The largest absolute Gasteiger partial charge is 0.456 e. The maximum atomic E-state index is 14.7. The van der Waals surface area contributed by atoms with Crippen molar-refractivity contribution in [1.82, 2.24) is 5.32 Å². The van der Waals surface area contributed by atoms with Crippen LogP contribution < -0.4 is 21.5 Å². The second kappa shape index (κ2) is 12.7. The summed E-state index contributed by atoms with van der Waals surface area (Å²) in [6, 6.07) is 5.87. The number of aliphatic hydroxyl groups excluding tert-OH is 2. The zero-order valence-corrected chi connectivity index (χ0v) is 19.8. The molecule has 196 valence electrons. The lowest BCUT2D eigenvalue weighted by Gasteiger charge is -2.33. The second-order valence-electron chi connectivity index (χ2n) is 8.75. The first-order chi connectivity index (χ1) is 17.2. The van der Waals surface area contributed by atoms with E-state index in [0.717, 1.165) is 11.1 Å². The summed E-state index contributed by atoms with van der Waals surface area (Å²) in [5.74, 6) is -0.961. The molecule has 1 saturated heterocycles. The summed E-state index contributed by atoms with van der Waals surface area (Å²) in [4.78, 5) is 14.8. The predicted octanol–water partition coefficient (Wildman–Crippen LogP) is 1.83. The number of ether oxygens (including phenoxy) is 2. The summed E-state index contributed by atoms with van der Waals surface area (Å²) in [6.45, 7) is 2.62. The number of halogens is 2. The van der Waals surface area contributed by atoms with Gasteiger partial charge in [-0.1, -0.05) is 29.0 Å². The van der Waals surface area contributed by atoms with Gasteiger partial charge in [-0.05, 0) is 36.3 Å². The summed E-state index contributed by atoms with van der Waals surface area (Å²) < 4.78 is 40.0. The van der Waals surface area contributed by atoms with Crippen molar-refractivity contribution < 1.29 is 28.5 Å². The number of nitrogens with two attached hydrogens (primary N) is 2. The van der Waals surface area contributed by atoms with Crippen molar-refractivity contribution >= 4 is 5.96 Å². The smallest absolute Gasteiger partial charge is 0.186 e. The highest BCUT2D eigenvalue weighted by Gasteiger charge is 2.37. The third-order valence-corrected chi connectivity index (χ3v) is 5.71. The molecule has 0 amide bonds. The van der Waals surface area contributed by atoms with E-state index in [-0.39, 0.29) is 43.4 Å². The molecule has 0 spiro atoms. The van der Waals surface area contributed by atoms with E-state index < -0.39 is 36.5 Å². The number of nitroso groups, excluding NO2 is 1. The number of allylic oxidation sites excluding steroid dienone is 5. The van der Waals surface area contributed by atoms with Crippen molar-refractivity contribution in [1.29, 1.82) is 0 Å². The van der Waals surface area contributed by atoms with Crippen LogP contribution in [0.15, 0.2) is 69.3 Å². The Balaban J connectivity index is 1.55. The minimum Gasteiger partial charge on any atom is -0.456 e. The molecule has 1 aliphatic heterocycles. The fraction of sp³-hybridized carbons (Fsp3) is 0.458. The SMILES string of the molecule is CC(=CC1=CC(F)=C(Oc2ccc(CNCC3OC(O)C(O)CC3N=O)cc2)C(F)C1)CN=C(N)N. The topological polar surface area (TPSA) is 165 Å². The Morgan fingerprint density at radius 1 is 1.31 bits per heavy atom. The Labute approximate surface area is 207 Å². The lowest BCUT2D eigenvalue weighted by Crippen LogP contribution is -2.50. The van der Waals surface area contributed by atoms with Crippen molar-refractivity contribution in [2.45, 2.75) is 57.0 Å². The van der Waals surface area contributed by atoms with Crippen LogP contribution in [-0.4, -0.2) is 60.0 Å². The molecule has 1 heterocycles. The zero-order valence-electron chi connectivity index (χ0n) is 19.8. The first kappa shape index (κ1) is 27.4. The fourth-order valence-corrected chi connectivity index (χ4v) is 3.87. The van der Waals surface area contributed by atoms with Crippen LogP contribution in [0.5, 0.6) is 5.75 Å². The normalized spacial score (nSPS) is 26.9. The van der Waals surface area contributed by atoms with Gasteiger partial charge in [0.1, 0.15) is 17.9 Å². The summed E-state index contributed by atoms with van der Waals surface area (Å²) in [5.41, 5.74) is 12.7. The zero-order chi connectivity index (χ0) is 26.2. The molecule has 0 aromatic heterocycles. The van der Waals surface area contributed by atoms with E-state index in [9.17, 15) is 23.9 Å². The van der Waals surface area contributed by atoms with Crippen molar-refractivity contribution in [3.63, 3.8) is 0 Å². The number of benzene rings is 1. The lowest BCUT2D eigenvalue weighted by atomic mass is 9.99. The molecule has 0 saturated carbocycles. The Morgan fingerprint density at radius 3 is 2.67 bits per heavy atom. The predicted molar refractivity (Wildman–Crippen MR) is 130 cm³/mol. The van der Waals surface area contributed by atoms with E-state index in [2.05, 4.69) is 15.5 Å². The minimum atomic E-state index is -1.65. The van der Waals surface area contributed by atoms with Gasteiger partial charge in [-0.25, -0.2) is 13.8 Å². The van der Waals surface area contributed by atoms with Gasteiger partial charge < -0.3 is 36.5 Å². The van der Waals surface area contributed by atoms with E-state index in [1.807, 2.05) is 0 Å². The van der Waals surface area contributed by atoms with E-state index in [1.54, 1.807) is 37.3 Å². The molecule has 1 fully saturated rings. The minimum absolute atomic E-state index is 0.0234. The highest BCUT2D eigenvalue weighted by molar-refractivity contribution is 5.75. The molecule has 1 aromatic rings. The second-order valence-corrected chi connectivity index (χ2v) is 8.75. The number of alkyl halides is 1. The van der Waals surface area contributed by atoms with Crippen LogP contribution in [0.1, 0.15) is 25.3 Å². The molecule has 0 radical (unpaired) electrons. The maximum Gasteiger partial charge on any atom is 0.186 e. The highest BCUT2D eigenvalue weighted by atomic mass is 19.1. The molecular weight excluding hydrogens is 476 g/mol. The summed E-state index contributed by atoms with van der Waals surface area (Å²) in [5, 5.41) is 25.3. The third kappa shape index (κ3) is 7.65. The van der Waals surface area contributed by atoms with Gasteiger partial charge in [0.2, 0.25) is 0 Å². The summed E-state index contributed by atoms with van der Waals surface area (Å²) in [6.07, 6.45) is -1.99. The average molecular weight is 508 g/mol. The molecule has 5 unspecified atom stereocenters. The lowest BCUT2D eigenvalue weighted by molar-refractivity contribution is -0.219. The van der Waals surface area contributed by atoms with Gasteiger partial charge in [-0.15, -0.1) is 0 Å². The van der Waals surface area contributed by atoms with Gasteiger partial charge in [0.05, 0.1) is 12.6 Å². The Bertz CT molecular complexity index is 1040. The van der Waals surface area contributed by atoms with Crippen LogP contribution in [0.3, 0.4) is 0 Å². The van der Waals surface area contributed by atoms with E-state index in [0.29, 0.717) is 12.1 Å². The molecule has 36 heavy (non-hydrogen) atoms. The molecule has 7 N–H and O–H groups in total. The first-order valence-electron chi connectivity index (χ1n) is 11.4. The number of nitrogens with one attached hydrogen (secondary N) is 1. The summed E-state index contributed by atoms with van der Waals surface area (Å²) >= 11 is 0. The van der Waals surface area contributed by atoms with Crippen LogP contribution in [0, 0.1) is 4.91 Å². The number of hydrogen-bond donors (Lipinski definition) is 5. The molecule has 2 aliphatic rings. The molecular formula is C24H31F2N5O5. The van der Waals surface area contributed by atoms with Crippen molar-refractivity contribution in [3.8, 4) is 5.75 Å². The third-order valence-electron chi connectivity index (χ3n) is 5.71. The van der Waals surface area contributed by atoms with Gasteiger partial charge in [-0.3, -0.25) is 0 Å². The maximum absolute atomic E-state index is 14.7. The van der Waals surface area contributed by atoms with Gasteiger partial charge >= 0.3 is 0 Å². The molecule has 10 nitrogen and oxygen atoms in total. The standard InChI is InChI=1S/C24H31F2N5O5/c1-13(10-30-24(27)28)6-15-7-17(25)22(18(26)8-15)35-16-4-2-14(3-5-16)11-29-12-21-19(31-34)9-20(32)23(33)36-21/h2-7,18-21,23,29,32-33H,8-12H2,1H3,(H4,27,28,30). The number of aliphatic imine (C=N–C) groups is 1. The van der Waals surface area contributed by atoms with Crippen LogP contribution in [0.25, 0.3) is 0 Å². The Hall–Kier alpha value is -3.19. The highest BCUT2D eigenvalue weighted by Crippen LogP contribution is 2.31. The van der Waals surface area contributed by atoms with E-state index >= 15 is 0 Å². The quantitative estimate of drug-likeness (QED) is 0.182. The summed E-state index contributed by atoms with van der Waals surface area (Å²) in [7, 11) is 0. The number of hydrogen-bond acceptors (Lipinski definition) is 8. The van der Waals surface area contributed by atoms with Crippen LogP contribution in [0.2, 0.25) is 0 Å².